The monoisotopic (exact) mass is 431 g/mol. The number of nitrogens with zero attached hydrogens (tertiary/aromatic N) is 1. The highest BCUT2D eigenvalue weighted by Gasteiger charge is 2.24. The van der Waals surface area contributed by atoms with E-state index in [1.807, 2.05) is 38.4 Å². The molecule has 3 rings (SSSR count). The fourth-order valence-electron chi connectivity index (χ4n) is 2.93. The van der Waals surface area contributed by atoms with Gasteiger partial charge in [-0.25, -0.2) is 0 Å². The van der Waals surface area contributed by atoms with Gasteiger partial charge in [0.1, 0.15) is 11.4 Å². The van der Waals surface area contributed by atoms with E-state index in [0.717, 1.165) is 11.3 Å². The number of para-hydroxylation sites is 1. The van der Waals surface area contributed by atoms with E-state index in [-0.39, 0.29) is 23.0 Å². The van der Waals surface area contributed by atoms with Crippen molar-refractivity contribution in [3.63, 3.8) is 0 Å². The van der Waals surface area contributed by atoms with Crippen LogP contribution in [0.3, 0.4) is 0 Å². The van der Waals surface area contributed by atoms with Gasteiger partial charge in [0, 0.05) is 5.69 Å². The summed E-state index contributed by atoms with van der Waals surface area (Å²) in [7, 11) is 3.65. The van der Waals surface area contributed by atoms with Crippen LogP contribution in [-0.2, 0) is 0 Å². The lowest BCUT2D eigenvalue weighted by atomic mass is 10.0. The van der Waals surface area contributed by atoms with Gasteiger partial charge in [0.15, 0.2) is 5.75 Å². The first-order valence-corrected chi connectivity index (χ1v) is 10.2. The van der Waals surface area contributed by atoms with Crippen LogP contribution in [0.2, 0.25) is 5.02 Å². The van der Waals surface area contributed by atoms with Gasteiger partial charge in [0.2, 0.25) is 0 Å². The molecule has 29 heavy (non-hydrogen) atoms. The second-order valence-corrected chi connectivity index (χ2v) is 8.80. The number of hydrogen-bond donors (Lipinski definition) is 3. The van der Waals surface area contributed by atoms with E-state index in [1.165, 1.54) is 11.9 Å². The Morgan fingerprint density at radius 1 is 0.966 bits per heavy atom. The molecule has 3 N–H and O–H groups in total. The van der Waals surface area contributed by atoms with Crippen molar-refractivity contribution in [3.05, 3.63) is 67.4 Å². The van der Waals surface area contributed by atoms with Crippen molar-refractivity contribution in [2.45, 2.75) is 24.7 Å². The first-order chi connectivity index (χ1) is 13.7. The molecule has 0 aliphatic heterocycles. The summed E-state index contributed by atoms with van der Waals surface area (Å²) in [5.41, 5.74) is 1.16. The first-order valence-electron chi connectivity index (χ1n) is 9.03. The van der Waals surface area contributed by atoms with Gasteiger partial charge in [0.25, 0.3) is 10.9 Å². The molecule has 0 unspecified atom stereocenters. The Labute approximate surface area is 178 Å². The van der Waals surface area contributed by atoms with Gasteiger partial charge in [-0.3, -0.25) is 13.9 Å². The quantitative estimate of drug-likeness (QED) is 0.281. The number of phenols is 1. The molecule has 8 heteroatoms. The van der Waals surface area contributed by atoms with E-state index in [4.69, 9.17) is 11.6 Å². The van der Waals surface area contributed by atoms with Gasteiger partial charge in [-0.2, -0.15) is 0 Å². The minimum absolute atomic E-state index is 0.0854. The van der Waals surface area contributed by atoms with E-state index >= 15 is 0 Å². The third-order valence-corrected chi connectivity index (χ3v) is 5.76. The van der Waals surface area contributed by atoms with Crippen molar-refractivity contribution >= 4 is 46.3 Å². The standard InChI is InChI=1S/C21H22ClN3O3S/c1-11(2)12-7-5-6-8-14(12)23-16-17(20(28)19(16)27)24-15-10-9-13(22)21(18(15)26)29-25(3)4/h5-11,23-24,26H,1-4H3. The molecule has 0 heterocycles. The number of rotatable bonds is 7. The number of anilines is 4. The summed E-state index contributed by atoms with van der Waals surface area (Å²) in [6.07, 6.45) is 0. The van der Waals surface area contributed by atoms with Crippen molar-refractivity contribution < 1.29 is 5.11 Å². The maximum absolute atomic E-state index is 12.2. The molecule has 0 radical (unpaired) electrons. The van der Waals surface area contributed by atoms with Crippen LogP contribution in [0.5, 0.6) is 5.75 Å². The minimum Gasteiger partial charge on any atom is -0.505 e. The third-order valence-electron chi connectivity index (χ3n) is 4.37. The Bertz CT molecular complexity index is 1120. The Kier molecular flexibility index (Phi) is 6.21. The third kappa shape index (κ3) is 4.27. The summed E-state index contributed by atoms with van der Waals surface area (Å²) < 4.78 is 1.79. The average Bonchev–Trinajstić information content (AvgIpc) is 2.68. The second-order valence-electron chi connectivity index (χ2n) is 7.08. The smallest absolute Gasteiger partial charge is 0.253 e. The summed E-state index contributed by atoms with van der Waals surface area (Å²) in [6, 6.07) is 10.8. The number of nitrogens with one attached hydrogen (secondary N) is 2. The molecule has 0 amide bonds. The van der Waals surface area contributed by atoms with E-state index in [2.05, 4.69) is 24.5 Å². The van der Waals surface area contributed by atoms with Crippen LogP contribution in [0.25, 0.3) is 0 Å². The highest BCUT2D eigenvalue weighted by Crippen LogP contribution is 2.42. The SMILES string of the molecule is CC(C)c1ccccc1Nc1c(Nc2ccc(Cl)c(SN(C)C)c2O)c(=O)c1=O. The summed E-state index contributed by atoms with van der Waals surface area (Å²) in [5, 5.41) is 17.0. The summed E-state index contributed by atoms with van der Waals surface area (Å²) in [5.74, 6) is 0.158. The van der Waals surface area contributed by atoms with Crippen molar-refractivity contribution in [1.29, 1.82) is 0 Å². The van der Waals surface area contributed by atoms with E-state index in [0.29, 0.717) is 15.6 Å². The lowest BCUT2D eigenvalue weighted by Crippen LogP contribution is -2.36. The fraction of sp³-hybridized carbons (Fsp3) is 0.238. The Morgan fingerprint density at radius 2 is 1.55 bits per heavy atom. The van der Waals surface area contributed by atoms with Crippen LogP contribution in [-0.4, -0.2) is 23.5 Å². The highest BCUT2D eigenvalue weighted by atomic mass is 35.5. The molecule has 0 aromatic heterocycles. The van der Waals surface area contributed by atoms with E-state index in [9.17, 15) is 14.7 Å². The second kappa shape index (κ2) is 8.49. The molecule has 0 aliphatic carbocycles. The molecule has 0 fully saturated rings. The van der Waals surface area contributed by atoms with E-state index < -0.39 is 10.9 Å². The summed E-state index contributed by atoms with van der Waals surface area (Å²) in [4.78, 5) is 24.8. The lowest BCUT2D eigenvalue weighted by molar-refractivity contribution is 0.464. The molecule has 6 nitrogen and oxygen atoms in total. The van der Waals surface area contributed by atoms with Gasteiger partial charge < -0.3 is 15.7 Å². The predicted molar refractivity (Wildman–Crippen MR) is 121 cm³/mol. The zero-order valence-electron chi connectivity index (χ0n) is 16.5. The Morgan fingerprint density at radius 3 is 2.14 bits per heavy atom. The van der Waals surface area contributed by atoms with E-state index in [1.54, 1.807) is 16.4 Å². The first kappa shape index (κ1) is 21.2. The van der Waals surface area contributed by atoms with Gasteiger partial charge in [-0.15, -0.1) is 0 Å². The number of phenolic OH excluding ortho intramolecular Hbond substituents is 1. The van der Waals surface area contributed by atoms with Crippen LogP contribution >= 0.6 is 23.5 Å². The minimum atomic E-state index is -0.634. The number of hydrogen-bond acceptors (Lipinski definition) is 7. The van der Waals surface area contributed by atoms with Crippen LogP contribution in [0.4, 0.5) is 22.7 Å². The maximum Gasteiger partial charge on any atom is 0.253 e. The zero-order valence-corrected chi connectivity index (χ0v) is 18.1. The summed E-state index contributed by atoms with van der Waals surface area (Å²) >= 11 is 7.44. The fourth-order valence-corrected chi connectivity index (χ4v) is 3.90. The van der Waals surface area contributed by atoms with Crippen molar-refractivity contribution in [3.8, 4) is 5.75 Å². The molecule has 0 bridgehead atoms. The molecule has 0 atom stereocenters. The van der Waals surface area contributed by atoms with Gasteiger partial charge >= 0.3 is 0 Å². The summed E-state index contributed by atoms with van der Waals surface area (Å²) in [6.45, 7) is 4.11. The predicted octanol–water partition coefficient (Wildman–Crippen LogP) is 4.82. The largest absolute Gasteiger partial charge is 0.505 e. The molecule has 0 saturated heterocycles. The van der Waals surface area contributed by atoms with Gasteiger partial charge in [-0.1, -0.05) is 43.6 Å². The number of aromatic hydroxyl groups is 1. The van der Waals surface area contributed by atoms with Gasteiger partial charge in [-0.05, 0) is 55.7 Å². The van der Waals surface area contributed by atoms with Crippen molar-refractivity contribution in [2.24, 2.45) is 0 Å². The zero-order chi connectivity index (χ0) is 21.3. The van der Waals surface area contributed by atoms with Crippen molar-refractivity contribution in [1.82, 2.24) is 4.31 Å². The molecule has 3 aromatic carbocycles. The molecular formula is C21H22ClN3O3S. The molecule has 0 saturated carbocycles. The normalized spacial score (nSPS) is 11.4. The molecule has 0 aliphatic rings. The Hall–Kier alpha value is -2.48. The maximum atomic E-state index is 12.2. The van der Waals surface area contributed by atoms with Crippen molar-refractivity contribution in [2.75, 3.05) is 24.7 Å². The highest BCUT2D eigenvalue weighted by molar-refractivity contribution is 7.97. The molecule has 3 aromatic rings. The average molecular weight is 432 g/mol. The molecular weight excluding hydrogens is 410 g/mol. The van der Waals surface area contributed by atoms with Crippen LogP contribution in [0.15, 0.2) is 50.9 Å². The Balaban J connectivity index is 1.95. The van der Waals surface area contributed by atoms with Gasteiger partial charge in [0.05, 0.1) is 15.6 Å². The number of halogens is 1. The topological polar surface area (TPSA) is 81.7 Å². The molecule has 0 spiro atoms. The number of benzene rings is 2. The van der Waals surface area contributed by atoms with Crippen LogP contribution < -0.4 is 21.5 Å². The molecule has 152 valence electrons. The lowest BCUT2D eigenvalue weighted by Gasteiger charge is -2.20. The van der Waals surface area contributed by atoms with Crippen LogP contribution in [0.1, 0.15) is 25.3 Å². The van der Waals surface area contributed by atoms with Crippen LogP contribution in [0, 0.1) is 0 Å².